The SMILES string of the molecule is O=C(Nc1ccc(OC2CCC2)c(F)c1)C(=O)N[C@H]1CCC[C@H]1n1ccnc1. The smallest absolute Gasteiger partial charge is 0.313 e. The first-order valence-corrected chi connectivity index (χ1v) is 9.65. The van der Waals surface area contributed by atoms with E-state index in [9.17, 15) is 14.0 Å². The molecule has 2 aromatic rings. The number of rotatable bonds is 5. The molecule has 7 nitrogen and oxygen atoms in total. The topological polar surface area (TPSA) is 85.2 Å². The average molecular weight is 386 g/mol. The van der Waals surface area contributed by atoms with Crippen molar-refractivity contribution in [1.29, 1.82) is 0 Å². The predicted molar refractivity (Wildman–Crippen MR) is 100 cm³/mol. The fraction of sp³-hybridized carbons (Fsp3) is 0.450. The molecule has 0 saturated heterocycles. The Morgan fingerprint density at radius 2 is 1.96 bits per heavy atom. The van der Waals surface area contributed by atoms with Gasteiger partial charge in [-0.05, 0) is 50.7 Å². The Morgan fingerprint density at radius 3 is 2.64 bits per heavy atom. The molecule has 0 aliphatic heterocycles. The highest BCUT2D eigenvalue weighted by molar-refractivity contribution is 6.39. The summed E-state index contributed by atoms with van der Waals surface area (Å²) in [5.74, 6) is -1.93. The Kier molecular flexibility index (Phi) is 5.27. The van der Waals surface area contributed by atoms with Crippen LogP contribution in [0.15, 0.2) is 36.9 Å². The van der Waals surface area contributed by atoms with Crippen molar-refractivity contribution in [3.8, 4) is 5.75 Å². The number of ether oxygens (including phenoxy) is 1. The second-order valence-corrected chi connectivity index (χ2v) is 7.36. The van der Waals surface area contributed by atoms with Crippen LogP contribution in [0, 0.1) is 5.82 Å². The van der Waals surface area contributed by atoms with Crippen molar-refractivity contribution < 1.29 is 18.7 Å². The van der Waals surface area contributed by atoms with Gasteiger partial charge in [-0.2, -0.15) is 0 Å². The summed E-state index contributed by atoms with van der Waals surface area (Å²) in [5, 5.41) is 5.24. The second-order valence-electron chi connectivity index (χ2n) is 7.36. The zero-order valence-corrected chi connectivity index (χ0v) is 15.4. The van der Waals surface area contributed by atoms with Crippen molar-refractivity contribution in [2.24, 2.45) is 0 Å². The first kappa shape index (κ1) is 18.5. The van der Waals surface area contributed by atoms with E-state index in [1.165, 1.54) is 18.2 Å². The third kappa shape index (κ3) is 4.00. The molecule has 0 bridgehead atoms. The van der Waals surface area contributed by atoms with E-state index in [-0.39, 0.29) is 29.6 Å². The lowest BCUT2D eigenvalue weighted by Crippen LogP contribution is -2.43. The summed E-state index contributed by atoms with van der Waals surface area (Å²) < 4.78 is 21.7. The molecular weight excluding hydrogens is 363 g/mol. The van der Waals surface area contributed by atoms with E-state index in [2.05, 4.69) is 15.6 Å². The van der Waals surface area contributed by atoms with E-state index in [4.69, 9.17) is 4.74 Å². The number of nitrogens with one attached hydrogen (secondary N) is 2. The van der Waals surface area contributed by atoms with Gasteiger partial charge >= 0.3 is 11.8 Å². The largest absolute Gasteiger partial charge is 0.487 e. The van der Waals surface area contributed by atoms with Gasteiger partial charge in [0.25, 0.3) is 0 Å². The molecule has 1 aromatic heterocycles. The fourth-order valence-corrected chi connectivity index (χ4v) is 3.70. The number of anilines is 1. The Balaban J connectivity index is 1.34. The molecule has 2 N–H and O–H groups in total. The number of hydrogen-bond donors (Lipinski definition) is 2. The van der Waals surface area contributed by atoms with Crippen molar-refractivity contribution in [2.75, 3.05) is 5.32 Å². The number of carbonyl (C=O) groups is 2. The summed E-state index contributed by atoms with van der Waals surface area (Å²) in [4.78, 5) is 28.6. The van der Waals surface area contributed by atoms with Crippen LogP contribution in [0.25, 0.3) is 0 Å². The molecule has 2 aliphatic rings. The van der Waals surface area contributed by atoms with E-state index in [1.807, 2.05) is 10.8 Å². The van der Waals surface area contributed by atoms with E-state index >= 15 is 0 Å². The van der Waals surface area contributed by atoms with Crippen LogP contribution in [0.3, 0.4) is 0 Å². The number of nitrogens with zero attached hydrogens (tertiary/aromatic N) is 2. The summed E-state index contributed by atoms with van der Waals surface area (Å²) in [6, 6.07) is 4.13. The minimum absolute atomic E-state index is 0.0653. The highest BCUT2D eigenvalue weighted by Crippen LogP contribution is 2.30. The maximum absolute atomic E-state index is 14.2. The summed E-state index contributed by atoms with van der Waals surface area (Å²) in [6.07, 6.45) is 10.9. The molecule has 148 valence electrons. The molecule has 2 amide bonds. The molecule has 0 spiro atoms. The number of benzene rings is 1. The minimum Gasteiger partial charge on any atom is -0.487 e. The zero-order valence-electron chi connectivity index (χ0n) is 15.4. The molecule has 1 heterocycles. The Bertz CT molecular complexity index is 851. The zero-order chi connectivity index (χ0) is 19.5. The Morgan fingerprint density at radius 1 is 1.14 bits per heavy atom. The van der Waals surface area contributed by atoms with Crippen LogP contribution in [-0.4, -0.2) is 33.5 Å². The standard InChI is InChI=1S/C20H23FN4O3/c21-15-11-13(7-8-18(15)28-14-3-1-4-14)23-19(26)20(27)24-16-5-2-6-17(16)25-10-9-22-12-25/h7-12,14,16-17H,1-6H2,(H,23,26)(H,24,27)/t16-,17+/m0/s1. The molecule has 1 aromatic carbocycles. The van der Waals surface area contributed by atoms with Gasteiger partial charge in [0.1, 0.15) is 0 Å². The molecule has 4 rings (SSSR count). The fourth-order valence-electron chi connectivity index (χ4n) is 3.70. The molecular formula is C20H23FN4O3. The van der Waals surface area contributed by atoms with Crippen LogP contribution in [-0.2, 0) is 9.59 Å². The van der Waals surface area contributed by atoms with Gasteiger partial charge < -0.3 is 19.9 Å². The summed E-state index contributed by atoms with van der Waals surface area (Å²) in [6.45, 7) is 0. The van der Waals surface area contributed by atoms with Crippen LogP contribution < -0.4 is 15.4 Å². The average Bonchev–Trinajstić information content (AvgIpc) is 3.30. The quantitative estimate of drug-likeness (QED) is 0.774. The van der Waals surface area contributed by atoms with Gasteiger partial charge in [-0.15, -0.1) is 0 Å². The van der Waals surface area contributed by atoms with Crippen LogP contribution in [0.5, 0.6) is 5.75 Å². The monoisotopic (exact) mass is 386 g/mol. The van der Waals surface area contributed by atoms with Gasteiger partial charge in [0.05, 0.1) is 24.5 Å². The number of aromatic nitrogens is 2. The van der Waals surface area contributed by atoms with Gasteiger partial charge in [0.15, 0.2) is 11.6 Å². The van der Waals surface area contributed by atoms with Gasteiger partial charge in [-0.25, -0.2) is 9.37 Å². The molecule has 0 radical (unpaired) electrons. The van der Waals surface area contributed by atoms with Gasteiger partial charge in [-0.1, -0.05) is 0 Å². The maximum Gasteiger partial charge on any atom is 0.313 e. The normalized spacial score (nSPS) is 21.8. The van der Waals surface area contributed by atoms with E-state index in [1.54, 1.807) is 12.5 Å². The lowest BCUT2D eigenvalue weighted by atomic mass is 9.96. The maximum atomic E-state index is 14.2. The predicted octanol–water partition coefficient (Wildman–Crippen LogP) is 2.80. The number of imidazole rings is 1. The lowest BCUT2D eigenvalue weighted by Gasteiger charge is -2.26. The van der Waals surface area contributed by atoms with Crippen LogP contribution >= 0.6 is 0 Å². The molecule has 2 aliphatic carbocycles. The third-order valence-electron chi connectivity index (χ3n) is 5.45. The number of halogens is 1. The molecule has 2 atom stereocenters. The van der Waals surface area contributed by atoms with E-state index < -0.39 is 17.6 Å². The van der Waals surface area contributed by atoms with Crippen molar-refractivity contribution >= 4 is 17.5 Å². The van der Waals surface area contributed by atoms with E-state index in [0.717, 1.165) is 38.5 Å². The van der Waals surface area contributed by atoms with Crippen molar-refractivity contribution in [3.63, 3.8) is 0 Å². The number of hydrogen-bond acceptors (Lipinski definition) is 4. The molecule has 28 heavy (non-hydrogen) atoms. The molecule has 2 saturated carbocycles. The summed E-state index contributed by atoms with van der Waals surface area (Å²) in [7, 11) is 0. The minimum atomic E-state index is -0.816. The van der Waals surface area contributed by atoms with Gasteiger partial charge in [0, 0.05) is 24.1 Å². The second kappa shape index (κ2) is 8.00. The van der Waals surface area contributed by atoms with Gasteiger partial charge in [0.2, 0.25) is 0 Å². The molecule has 8 heteroatoms. The first-order valence-electron chi connectivity index (χ1n) is 9.65. The lowest BCUT2D eigenvalue weighted by molar-refractivity contribution is -0.136. The molecule has 0 unspecified atom stereocenters. The van der Waals surface area contributed by atoms with Crippen molar-refractivity contribution in [1.82, 2.24) is 14.9 Å². The summed E-state index contributed by atoms with van der Waals surface area (Å²) in [5.41, 5.74) is 0.219. The first-order chi connectivity index (χ1) is 13.6. The molecule has 2 fully saturated rings. The Labute approximate surface area is 162 Å². The van der Waals surface area contributed by atoms with Crippen molar-refractivity contribution in [3.05, 3.63) is 42.7 Å². The number of amides is 2. The highest BCUT2D eigenvalue weighted by Gasteiger charge is 2.31. The van der Waals surface area contributed by atoms with Gasteiger partial charge in [-0.3, -0.25) is 9.59 Å². The van der Waals surface area contributed by atoms with Crippen LogP contribution in [0.2, 0.25) is 0 Å². The summed E-state index contributed by atoms with van der Waals surface area (Å²) >= 11 is 0. The Hall–Kier alpha value is -2.90. The third-order valence-corrected chi connectivity index (χ3v) is 5.45. The van der Waals surface area contributed by atoms with Crippen LogP contribution in [0.1, 0.15) is 44.6 Å². The van der Waals surface area contributed by atoms with E-state index in [0.29, 0.717) is 0 Å². The highest BCUT2D eigenvalue weighted by atomic mass is 19.1. The van der Waals surface area contributed by atoms with Crippen LogP contribution in [0.4, 0.5) is 10.1 Å². The van der Waals surface area contributed by atoms with Crippen molar-refractivity contribution in [2.45, 2.75) is 56.7 Å². The number of carbonyl (C=O) groups excluding carboxylic acids is 2.